The van der Waals surface area contributed by atoms with Gasteiger partial charge in [-0.15, -0.1) is 0 Å². The van der Waals surface area contributed by atoms with Gasteiger partial charge in [0, 0.05) is 0 Å². The fourth-order valence-corrected chi connectivity index (χ4v) is 2.65. The minimum Gasteiger partial charge on any atom is -0.338 e. The molecule has 0 aromatic carbocycles. The summed E-state index contributed by atoms with van der Waals surface area (Å²) in [5.41, 5.74) is 0. The molecule has 1 unspecified atom stereocenters. The Hall–Kier alpha value is -0.550. The van der Waals surface area contributed by atoms with E-state index in [1.54, 1.807) is 0 Å². The molecule has 0 radical (unpaired) electrons. The minimum absolute atomic E-state index is 0.141. The van der Waals surface area contributed by atoms with Crippen LogP contribution in [0.2, 0.25) is 0 Å². The first-order chi connectivity index (χ1) is 6.81. The van der Waals surface area contributed by atoms with Crippen molar-refractivity contribution < 1.29 is 4.52 Å². The molecule has 0 saturated carbocycles. The highest BCUT2D eigenvalue weighted by Gasteiger charge is 2.23. The lowest BCUT2D eigenvalue weighted by molar-refractivity contribution is 0.343. The Kier molecular flexibility index (Phi) is 3.08. The van der Waals surface area contributed by atoms with Gasteiger partial charge in [-0.25, -0.2) is 0 Å². The van der Waals surface area contributed by atoms with Crippen LogP contribution in [-0.2, 0) is 0 Å². The highest BCUT2D eigenvalue weighted by Crippen LogP contribution is 2.38. The number of hydrogen-bond donors (Lipinski definition) is 1. The minimum atomic E-state index is 0.141. The molecule has 0 amide bonds. The van der Waals surface area contributed by atoms with E-state index in [4.69, 9.17) is 4.52 Å². The lowest BCUT2D eigenvalue weighted by Gasteiger charge is -2.02. The van der Waals surface area contributed by atoms with Gasteiger partial charge in [0.1, 0.15) is 0 Å². The van der Waals surface area contributed by atoms with Gasteiger partial charge in [0.15, 0.2) is 5.82 Å². The summed E-state index contributed by atoms with van der Waals surface area (Å²) in [4.78, 5) is 4.40. The second kappa shape index (κ2) is 4.31. The number of thioether (sulfide) groups is 1. The third kappa shape index (κ3) is 1.93. The van der Waals surface area contributed by atoms with Crippen molar-refractivity contribution in [2.24, 2.45) is 0 Å². The smallest absolute Gasteiger partial charge is 0.243 e. The van der Waals surface area contributed by atoms with Crippen molar-refractivity contribution in [2.75, 3.05) is 12.8 Å². The van der Waals surface area contributed by atoms with Gasteiger partial charge in [-0.2, -0.15) is 16.7 Å². The van der Waals surface area contributed by atoms with Crippen molar-refractivity contribution in [3.63, 3.8) is 0 Å². The maximum Gasteiger partial charge on any atom is 0.243 e. The molecule has 5 heteroatoms. The van der Waals surface area contributed by atoms with E-state index in [2.05, 4.69) is 15.5 Å². The van der Waals surface area contributed by atoms with Crippen LogP contribution in [0.4, 0.5) is 0 Å². The van der Waals surface area contributed by atoms with E-state index in [9.17, 15) is 0 Å². The summed E-state index contributed by atoms with van der Waals surface area (Å²) in [6.07, 6.45) is 2.44. The zero-order chi connectivity index (χ0) is 9.97. The molecule has 0 bridgehead atoms. The Morgan fingerprint density at radius 3 is 3.14 bits per heavy atom. The van der Waals surface area contributed by atoms with E-state index >= 15 is 0 Å². The molecule has 14 heavy (non-hydrogen) atoms. The average molecular weight is 213 g/mol. The second-order valence-corrected chi connectivity index (χ2v) is 4.81. The number of nitrogens with one attached hydrogen (secondary N) is 1. The predicted molar refractivity (Wildman–Crippen MR) is 56.2 cm³/mol. The van der Waals surface area contributed by atoms with Crippen molar-refractivity contribution in [2.45, 2.75) is 31.1 Å². The van der Waals surface area contributed by atoms with Crippen LogP contribution in [0.25, 0.3) is 0 Å². The molecule has 2 rings (SSSR count). The van der Waals surface area contributed by atoms with Crippen LogP contribution in [0.5, 0.6) is 0 Å². The summed E-state index contributed by atoms with van der Waals surface area (Å²) >= 11 is 1.92. The van der Waals surface area contributed by atoms with E-state index in [0.717, 1.165) is 5.82 Å². The van der Waals surface area contributed by atoms with Gasteiger partial charge in [0.2, 0.25) is 5.89 Å². The van der Waals surface area contributed by atoms with Crippen LogP contribution in [0.1, 0.15) is 42.8 Å². The third-order valence-corrected chi connectivity index (χ3v) is 3.85. The molecular weight excluding hydrogens is 198 g/mol. The number of aromatic nitrogens is 2. The van der Waals surface area contributed by atoms with E-state index in [1.165, 1.54) is 18.6 Å². The fraction of sp³-hybridized carbons (Fsp3) is 0.778. The molecule has 0 aliphatic carbocycles. The monoisotopic (exact) mass is 213 g/mol. The molecule has 1 aromatic rings. The summed E-state index contributed by atoms with van der Waals surface area (Å²) in [7, 11) is 1.89. The molecule has 78 valence electrons. The topological polar surface area (TPSA) is 51.0 Å². The quantitative estimate of drug-likeness (QED) is 0.831. The predicted octanol–water partition coefficient (Wildman–Crippen LogP) is 1.92. The molecule has 4 nitrogen and oxygen atoms in total. The van der Waals surface area contributed by atoms with Crippen molar-refractivity contribution in [1.29, 1.82) is 0 Å². The molecule has 1 N–H and O–H groups in total. The highest BCUT2D eigenvalue weighted by molar-refractivity contribution is 7.99. The van der Waals surface area contributed by atoms with Gasteiger partial charge in [-0.3, -0.25) is 0 Å². The Labute approximate surface area is 87.8 Å². The molecule has 1 aliphatic rings. The summed E-state index contributed by atoms with van der Waals surface area (Å²) in [5.74, 6) is 2.77. The van der Waals surface area contributed by atoms with Gasteiger partial charge in [0.05, 0.1) is 11.3 Å². The molecule has 1 aliphatic heterocycles. The molecule has 1 fully saturated rings. The van der Waals surface area contributed by atoms with Gasteiger partial charge >= 0.3 is 0 Å². The Morgan fingerprint density at radius 1 is 1.64 bits per heavy atom. The Bertz CT molecular complexity index is 296. The molecule has 2 atom stereocenters. The van der Waals surface area contributed by atoms with Gasteiger partial charge in [0.25, 0.3) is 0 Å². The van der Waals surface area contributed by atoms with E-state index in [-0.39, 0.29) is 6.04 Å². The van der Waals surface area contributed by atoms with E-state index < -0.39 is 0 Å². The van der Waals surface area contributed by atoms with Crippen LogP contribution in [0.3, 0.4) is 0 Å². The fourth-order valence-electron chi connectivity index (χ4n) is 1.46. The zero-order valence-corrected chi connectivity index (χ0v) is 9.30. The molecule has 1 aromatic heterocycles. The van der Waals surface area contributed by atoms with Gasteiger partial charge < -0.3 is 9.84 Å². The molecule has 2 heterocycles. The van der Waals surface area contributed by atoms with Crippen LogP contribution >= 0.6 is 11.8 Å². The lowest BCUT2D eigenvalue weighted by atomic mass is 10.2. The van der Waals surface area contributed by atoms with Crippen LogP contribution in [0.15, 0.2) is 4.52 Å². The van der Waals surface area contributed by atoms with Crippen molar-refractivity contribution in [3.8, 4) is 0 Å². The lowest BCUT2D eigenvalue weighted by Crippen LogP contribution is -2.12. The third-order valence-electron chi connectivity index (χ3n) is 2.48. The first-order valence-electron chi connectivity index (χ1n) is 4.93. The maximum absolute atomic E-state index is 5.19. The van der Waals surface area contributed by atoms with Gasteiger partial charge in [-0.05, 0) is 32.6 Å². The Morgan fingerprint density at radius 2 is 2.50 bits per heavy atom. The summed E-state index contributed by atoms with van der Waals surface area (Å²) in [6, 6.07) is 0.141. The van der Waals surface area contributed by atoms with Crippen molar-refractivity contribution in [3.05, 3.63) is 11.7 Å². The Balaban J connectivity index is 2.08. The van der Waals surface area contributed by atoms with Gasteiger partial charge in [-0.1, -0.05) is 5.16 Å². The normalized spacial score (nSPS) is 24.0. The first-order valence-corrected chi connectivity index (χ1v) is 5.98. The maximum atomic E-state index is 5.19. The second-order valence-electron chi connectivity index (χ2n) is 3.50. The van der Waals surface area contributed by atoms with Crippen molar-refractivity contribution >= 4 is 11.8 Å². The summed E-state index contributed by atoms with van der Waals surface area (Å²) < 4.78 is 5.19. The average Bonchev–Trinajstić information content (AvgIpc) is 2.86. The standard InChI is InChI=1S/C9H15N3OS/c1-6(10-2)9-11-8(12-13-9)7-4-3-5-14-7/h6-7,10H,3-5H2,1-2H3/t6-,7?/m0/s1. The van der Waals surface area contributed by atoms with E-state index in [0.29, 0.717) is 11.1 Å². The zero-order valence-electron chi connectivity index (χ0n) is 8.49. The molecular formula is C9H15N3OS. The summed E-state index contributed by atoms with van der Waals surface area (Å²) in [6.45, 7) is 2.01. The van der Waals surface area contributed by atoms with Crippen LogP contribution < -0.4 is 5.32 Å². The molecule has 1 saturated heterocycles. The van der Waals surface area contributed by atoms with Crippen LogP contribution in [-0.4, -0.2) is 22.9 Å². The first kappa shape index (κ1) is 9.98. The number of nitrogens with zero attached hydrogens (tertiary/aromatic N) is 2. The molecule has 0 spiro atoms. The highest BCUT2D eigenvalue weighted by atomic mass is 32.2. The largest absolute Gasteiger partial charge is 0.338 e. The SMILES string of the molecule is CN[C@@H](C)c1nc(C2CCCS2)no1. The summed E-state index contributed by atoms with van der Waals surface area (Å²) in [5, 5.41) is 7.56. The van der Waals surface area contributed by atoms with E-state index in [1.807, 2.05) is 25.7 Å². The van der Waals surface area contributed by atoms with Crippen molar-refractivity contribution in [1.82, 2.24) is 15.5 Å². The number of rotatable bonds is 3. The number of hydrogen-bond acceptors (Lipinski definition) is 5. The van der Waals surface area contributed by atoms with Crippen LogP contribution in [0, 0.1) is 0 Å².